The summed E-state index contributed by atoms with van der Waals surface area (Å²) in [5, 5.41) is 3.27. The number of aryl methyl sites for hydroxylation is 2. The molecule has 4 nitrogen and oxygen atoms in total. The first-order chi connectivity index (χ1) is 12.3. The Hall–Kier alpha value is -1.98. The molecule has 1 unspecified atom stereocenters. The van der Waals surface area contributed by atoms with E-state index in [4.69, 9.17) is 11.6 Å². The number of halogens is 1. The smallest absolute Gasteiger partial charge is 0.243 e. The quantitative estimate of drug-likeness (QED) is 0.737. The number of likely N-dealkylation sites (N-methyl/N-ethyl adjacent to an activating group) is 1. The van der Waals surface area contributed by atoms with Gasteiger partial charge in [0.05, 0.1) is 11.8 Å². The van der Waals surface area contributed by atoms with E-state index in [2.05, 4.69) is 5.32 Å². The lowest BCUT2D eigenvalue weighted by molar-refractivity contribution is -0.132. The Bertz CT molecular complexity index is 773. The number of anilines is 1. The molecular formula is C20H23ClN2O2S. The number of benzene rings is 2. The molecule has 1 atom stereocenters. The lowest BCUT2D eigenvalue weighted by Gasteiger charge is -2.21. The van der Waals surface area contributed by atoms with E-state index in [-0.39, 0.29) is 23.6 Å². The summed E-state index contributed by atoms with van der Waals surface area (Å²) < 4.78 is 0. The predicted octanol–water partition coefficient (Wildman–Crippen LogP) is 4.53. The molecule has 6 heteroatoms. The average Bonchev–Trinajstić information content (AvgIpc) is 2.59. The maximum atomic E-state index is 12.5. The zero-order chi connectivity index (χ0) is 19.3. The van der Waals surface area contributed by atoms with Crippen molar-refractivity contribution in [1.82, 2.24) is 4.90 Å². The Labute approximate surface area is 163 Å². The molecule has 0 aromatic heterocycles. The molecule has 0 saturated carbocycles. The van der Waals surface area contributed by atoms with E-state index in [9.17, 15) is 9.59 Å². The van der Waals surface area contributed by atoms with Crippen molar-refractivity contribution in [2.75, 3.05) is 18.9 Å². The van der Waals surface area contributed by atoms with Crippen LogP contribution in [-0.4, -0.2) is 35.6 Å². The van der Waals surface area contributed by atoms with Crippen LogP contribution in [0.4, 0.5) is 5.69 Å². The molecule has 2 amide bonds. The molecule has 138 valence electrons. The van der Waals surface area contributed by atoms with Gasteiger partial charge in [0.1, 0.15) is 0 Å². The van der Waals surface area contributed by atoms with Crippen LogP contribution in [0.2, 0.25) is 5.02 Å². The van der Waals surface area contributed by atoms with Crippen molar-refractivity contribution in [3.05, 3.63) is 58.6 Å². The van der Waals surface area contributed by atoms with Gasteiger partial charge < -0.3 is 10.2 Å². The molecule has 0 radical (unpaired) electrons. The van der Waals surface area contributed by atoms with E-state index in [0.717, 1.165) is 21.7 Å². The van der Waals surface area contributed by atoms with E-state index in [1.165, 1.54) is 16.7 Å². The molecule has 0 aliphatic carbocycles. The lowest BCUT2D eigenvalue weighted by atomic mass is 10.1. The van der Waals surface area contributed by atoms with Crippen LogP contribution in [0.5, 0.6) is 0 Å². The fraction of sp³-hybridized carbons (Fsp3) is 0.300. The van der Waals surface area contributed by atoms with E-state index in [0.29, 0.717) is 5.02 Å². The standard InChI is InChI=1S/C20H23ClN2O2S/c1-13-6-5-7-14(2)19(13)22-18(24)12-23(4)20(25)15(3)26-17-10-8-16(21)9-11-17/h5-11,15H,12H2,1-4H3,(H,22,24). The molecule has 0 saturated heterocycles. The van der Waals surface area contributed by atoms with Crippen LogP contribution in [0.25, 0.3) is 0 Å². The first-order valence-electron chi connectivity index (χ1n) is 8.31. The van der Waals surface area contributed by atoms with Gasteiger partial charge in [0.25, 0.3) is 0 Å². The number of carbonyl (C=O) groups excluding carboxylic acids is 2. The molecule has 0 heterocycles. The highest BCUT2D eigenvalue weighted by molar-refractivity contribution is 8.00. The minimum absolute atomic E-state index is 0.0120. The first kappa shape index (κ1) is 20.3. The highest BCUT2D eigenvalue weighted by atomic mass is 35.5. The predicted molar refractivity (Wildman–Crippen MR) is 109 cm³/mol. The van der Waals surface area contributed by atoms with Crippen molar-refractivity contribution in [3.63, 3.8) is 0 Å². The fourth-order valence-corrected chi connectivity index (χ4v) is 3.67. The zero-order valence-corrected chi connectivity index (χ0v) is 16.9. The zero-order valence-electron chi connectivity index (χ0n) is 15.4. The number of thioether (sulfide) groups is 1. The Kier molecular flexibility index (Phi) is 7.12. The normalized spacial score (nSPS) is 11.7. The number of carbonyl (C=O) groups is 2. The van der Waals surface area contributed by atoms with Gasteiger partial charge in [-0.25, -0.2) is 0 Å². The number of hydrogen-bond donors (Lipinski definition) is 1. The Balaban J connectivity index is 1.93. The summed E-state index contributed by atoms with van der Waals surface area (Å²) in [7, 11) is 1.64. The van der Waals surface area contributed by atoms with Crippen molar-refractivity contribution >= 4 is 40.9 Å². The fourth-order valence-electron chi connectivity index (χ4n) is 2.56. The summed E-state index contributed by atoms with van der Waals surface area (Å²) in [4.78, 5) is 27.3. The Morgan fingerprint density at radius 2 is 1.69 bits per heavy atom. The van der Waals surface area contributed by atoms with Crippen LogP contribution in [0, 0.1) is 13.8 Å². The second-order valence-corrected chi connectivity index (χ2v) is 8.07. The maximum Gasteiger partial charge on any atom is 0.243 e. The SMILES string of the molecule is Cc1cccc(C)c1NC(=O)CN(C)C(=O)C(C)Sc1ccc(Cl)cc1. The van der Waals surface area contributed by atoms with Crippen molar-refractivity contribution in [2.45, 2.75) is 30.9 Å². The number of nitrogens with zero attached hydrogens (tertiary/aromatic N) is 1. The summed E-state index contributed by atoms with van der Waals surface area (Å²) in [5.41, 5.74) is 2.81. The van der Waals surface area contributed by atoms with Crippen LogP contribution in [0.15, 0.2) is 47.4 Å². The maximum absolute atomic E-state index is 12.5. The summed E-state index contributed by atoms with van der Waals surface area (Å²) in [5.74, 6) is -0.302. The lowest BCUT2D eigenvalue weighted by Crippen LogP contribution is -2.39. The van der Waals surface area contributed by atoms with Gasteiger partial charge >= 0.3 is 0 Å². The molecule has 0 aliphatic heterocycles. The third-order valence-electron chi connectivity index (χ3n) is 3.98. The minimum atomic E-state index is -0.297. The van der Waals surface area contributed by atoms with Crippen molar-refractivity contribution < 1.29 is 9.59 Å². The van der Waals surface area contributed by atoms with Gasteiger partial charge in [-0.3, -0.25) is 9.59 Å². The highest BCUT2D eigenvalue weighted by Crippen LogP contribution is 2.25. The molecule has 1 N–H and O–H groups in total. The molecule has 0 bridgehead atoms. The number of para-hydroxylation sites is 1. The summed E-state index contributed by atoms with van der Waals surface area (Å²) in [6.45, 7) is 5.74. The second-order valence-electron chi connectivity index (χ2n) is 6.22. The summed E-state index contributed by atoms with van der Waals surface area (Å²) in [6.07, 6.45) is 0. The Morgan fingerprint density at radius 1 is 1.12 bits per heavy atom. The molecular weight excluding hydrogens is 368 g/mol. The minimum Gasteiger partial charge on any atom is -0.335 e. The van der Waals surface area contributed by atoms with E-state index < -0.39 is 0 Å². The van der Waals surface area contributed by atoms with Gasteiger partial charge in [0, 0.05) is 22.7 Å². The topological polar surface area (TPSA) is 49.4 Å². The van der Waals surface area contributed by atoms with Gasteiger partial charge in [-0.2, -0.15) is 0 Å². The highest BCUT2D eigenvalue weighted by Gasteiger charge is 2.21. The third-order valence-corrected chi connectivity index (χ3v) is 5.33. The first-order valence-corrected chi connectivity index (χ1v) is 9.57. The number of amides is 2. The average molecular weight is 391 g/mol. The molecule has 2 rings (SSSR count). The van der Waals surface area contributed by atoms with Gasteiger partial charge in [0.15, 0.2) is 0 Å². The van der Waals surface area contributed by atoms with Crippen LogP contribution in [0.1, 0.15) is 18.1 Å². The Morgan fingerprint density at radius 3 is 2.27 bits per heavy atom. The molecule has 0 fully saturated rings. The molecule has 0 spiro atoms. The molecule has 2 aromatic rings. The van der Waals surface area contributed by atoms with Gasteiger partial charge in [0.2, 0.25) is 11.8 Å². The third kappa shape index (κ3) is 5.51. The van der Waals surface area contributed by atoms with E-state index in [1.54, 1.807) is 19.2 Å². The summed E-state index contributed by atoms with van der Waals surface area (Å²) in [6, 6.07) is 13.2. The second kappa shape index (κ2) is 9.10. The molecule has 2 aromatic carbocycles. The molecule has 0 aliphatic rings. The van der Waals surface area contributed by atoms with Gasteiger partial charge in [-0.15, -0.1) is 11.8 Å². The van der Waals surface area contributed by atoms with Gasteiger partial charge in [-0.1, -0.05) is 29.8 Å². The summed E-state index contributed by atoms with van der Waals surface area (Å²) >= 11 is 7.32. The van der Waals surface area contributed by atoms with Crippen molar-refractivity contribution in [3.8, 4) is 0 Å². The van der Waals surface area contributed by atoms with Crippen LogP contribution < -0.4 is 5.32 Å². The van der Waals surface area contributed by atoms with Gasteiger partial charge in [-0.05, 0) is 56.2 Å². The van der Waals surface area contributed by atoms with Crippen LogP contribution in [0.3, 0.4) is 0 Å². The monoisotopic (exact) mass is 390 g/mol. The van der Waals surface area contributed by atoms with E-state index >= 15 is 0 Å². The van der Waals surface area contributed by atoms with Crippen LogP contribution in [-0.2, 0) is 9.59 Å². The van der Waals surface area contributed by atoms with E-state index in [1.807, 2.05) is 51.1 Å². The number of rotatable bonds is 6. The molecule has 26 heavy (non-hydrogen) atoms. The number of hydrogen-bond acceptors (Lipinski definition) is 3. The largest absolute Gasteiger partial charge is 0.335 e. The van der Waals surface area contributed by atoms with Crippen molar-refractivity contribution in [1.29, 1.82) is 0 Å². The van der Waals surface area contributed by atoms with Crippen molar-refractivity contribution in [2.24, 2.45) is 0 Å². The number of nitrogens with one attached hydrogen (secondary N) is 1. The van der Waals surface area contributed by atoms with Crippen LogP contribution >= 0.6 is 23.4 Å².